The van der Waals surface area contributed by atoms with Crippen LogP contribution >= 0.6 is 0 Å². The van der Waals surface area contributed by atoms with E-state index in [0.29, 0.717) is 26.0 Å². The Bertz CT molecular complexity index is 394. The predicted molar refractivity (Wildman–Crippen MR) is 60.3 cm³/mol. The van der Waals surface area contributed by atoms with Gasteiger partial charge in [0.05, 0.1) is 18.1 Å². The molecule has 2 unspecified atom stereocenters. The molecule has 0 radical (unpaired) electrons. The highest BCUT2D eigenvalue weighted by Gasteiger charge is 2.38. The molecule has 2 aliphatic rings. The van der Waals surface area contributed by atoms with E-state index in [1.807, 2.05) is 0 Å². The zero-order chi connectivity index (χ0) is 12.5. The summed E-state index contributed by atoms with van der Waals surface area (Å²) in [5, 5.41) is 8.86. The first-order valence-electron chi connectivity index (χ1n) is 5.76. The molecule has 6 nitrogen and oxygen atoms in total. The van der Waals surface area contributed by atoms with E-state index in [2.05, 4.69) is 0 Å². The molecule has 17 heavy (non-hydrogen) atoms. The van der Waals surface area contributed by atoms with Crippen LogP contribution in [0.15, 0.2) is 0 Å². The number of rotatable bonds is 3. The van der Waals surface area contributed by atoms with Crippen LogP contribution in [-0.4, -0.2) is 61.8 Å². The minimum absolute atomic E-state index is 0.0357. The normalized spacial score (nSPS) is 32.5. The summed E-state index contributed by atoms with van der Waals surface area (Å²) in [4.78, 5) is 13.1. The van der Waals surface area contributed by atoms with Gasteiger partial charge in [-0.05, 0) is 12.8 Å². The molecule has 2 rings (SSSR count). The third-order valence-electron chi connectivity index (χ3n) is 3.32. The highest BCUT2D eigenvalue weighted by molar-refractivity contribution is 7.91. The van der Waals surface area contributed by atoms with E-state index < -0.39 is 15.9 Å². The summed E-state index contributed by atoms with van der Waals surface area (Å²) in [7, 11) is -3.00. The second-order valence-corrected chi connectivity index (χ2v) is 6.89. The van der Waals surface area contributed by atoms with E-state index in [-0.39, 0.29) is 30.1 Å². The lowest BCUT2D eigenvalue weighted by atomic mass is 10.0. The zero-order valence-electron chi connectivity index (χ0n) is 9.54. The largest absolute Gasteiger partial charge is 0.449 e. The average Bonchev–Trinajstić information content (AvgIpc) is 2.62. The maximum Gasteiger partial charge on any atom is 0.410 e. The van der Waals surface area contributed by atoms with Crippen LogP contribution in [0.2, 0.25) is 0 Å². The van der Waals surface area contributed by atoms with Gasteiger partial charge < -0.3 is 14.7 Å². The SMILES string of the molecule is O=C1OCC(CCO)CN1C1CCS(=O)(=O)C1. The maximum absolute atomic E-state index is 11.6. The van der Waals surface area contributed by atoms with E-state index in [1.54, 1.807) is 0 Å². The van der Waals surface area contributed by atoms with Gasteiger partial charge in [-0.3, -0.25) is 0 Å². The van der Waals surface area contributed by atoms with E-state index >= 15 is 0 Å². The van der Waals surface area contributed by atoms with Crippen LogP contribution in [0.5, 0.6) is 0 Å². The lowest BCUT2D eigenvalue weighted by Gasteiger charge is -2.35. The Morgan fingerprint density at radius 2 is 2.24 bits per heavy atom. The third-order valence-corrected chi connectivity index (χ3v) is 5.07. The van der Waals surface area contributed by atoms with Crippen molar-refractivity contribution in [2.75, 3.05) is 31.3 Å². The lowest BCUT2D eigenvalue weighted by molar-refractivity contribution is 0.0233. The Balaban J connectivity index is 2.01. The molecular formula is C10H17NO5S. The highest BCUT2D eigenvalue weighted by Crippen LogP contribution is 2.23. The summed E-state index contributed by atoms with van der Waals surface area (Å²) in [6.45, 7) is 0.855. The number of sulfone groups is 1. The van der Waals surface area contributed by atoms with Crippen molar-refractivity contribution in [3.05, 3.63) is 0 Å². The molecule has 2 atom stereocenters. The molecule has 2 saturated heterocycles. The molecule has 0 aromatic carbocycles. The smallest absolute Gasteiger partial charge is 0.410 e. The van der Waals surface area contributed by atoms with Crippen LogP contribution in [-0.2, 0) is 14.6 Å². The molecule has 0 bridgehead atoms. The van der Waals surface area contributed by atoms with Crippen molar-refractivity contribution in [3.63, 3.8) is 0 Å². The van der Waals surface area contributed by atoms with Crippen molar-refractivity contribution < 1.29 is 23.1 Å². The Morgan fingerprint density at radius 1 is 1.47 bits per heavy atom. The van der Waals surface area contributed by atoms with Crippen LogP contribution in [0, 0.1) is 5.92 Å². The molecule has 0 aliphatic carbocycles. The first-order chi connectivity index (χ1) is 8.02. The van der Waals surface area contributed by atoms with Crippen molar-refractivity contribution in [1.29, 1.82) is 0 Å². The Hall–Kier alpha value is -0.820. The third kappa shape index (κ3) is 2.90. The van der Waals surface area contributed by atoms with Gasteiger partial charge in [-0.2, -0.15) is 0 Å². The van der Waals surface area contributed by atoms with Crippen molar-refractivity contribution in [2.24, 2.45) is 5.92 Å². The molecule has 1 N–H and O–H groups in total. The molecule has 2 fully saturated rings. The fourth-order valence-electron chi connectivity index (χ4n) is 2.35. The number of ether oxygens (including phenoxy) is 1. The topological polar surface area (TPSA) is 83.9 Å². The number of nitrogens with zero attached hydrogens (tertiary/aromatic N) is 1. The minimum atomic E-state index is -3.00. The number of carbonyl (C=O) groups is 1. The molecule has 0 aromatic rings. The second kappa shape index (κ2) is 4.81. The Kier molecular flexibility index (Phi) is 3.58. The van der Waals surface area contributed by atoms with E-state index in [1.165, 1.54) is 4.90 Å². The number of amides is 1. The number of aliphatic hydroxyl groups excluding tert-OH is 1. The van der Waals surface area contributed by atoms with Gasteiger partial charge in [-0.25, -0.2) is 13.2 Å². The van der Waals surface area contributed by atoms with E-state index in [0.717, 1.165) is 0 Å². The van der Waals surface area contributed by atoms with Gasteiger partial charge in [0, 0.05) is 25.1 Å². The molecular weight excluding hydrogens is 246 g/mol. The zero-order valence-corrected chi connectivity index (χ0v) is 10.4. The quantitative estimate of drug-likeness (QED) is 0.750. The van der Waals surface area contributed by atoms with Crippen LogP contribution < -0.4 is 0 Å². The van der Waals surface area contributed by atoms with Crippen LogP contribution in [0.1, 0.15) is 12.8 Å². The first kappa shape index (κ1) is 12.6. The van der Waals surface area contributed by atoms with Crippen molar-refractivity contribution in [1.82, 2.24) is 4.90 Å². The summed E-state index contributed by atoms with van der Waals surface area (Å²) >= 11 is 0. The van der Waals surface area contributed by atoms with Gasteiger partial charge in [0.1, 0.15) is 0 Å². The van der Waals surface area contributed by atoms with Crippen molar-refractivity contribution >= 4 is 15.9 Å². The molecule has 7 heteroatoms. The molecule has 2 aliphatic heterocycles. The molecule has 0 saturated carbocycles. The fraction of sp³-hybridized carbons (Fsp3) is 0.900. The highest BCUT2D eigenvalue weighted by atomic mass is 32.2. The van der Waals surface area contributed by atoms with Crippen LogP contribution in [0.4, 0.5) is 4.79 Å². The van der Waals surface area contributed by atoms with Gasteiger partial charge >= 0.3 is 6.09 Å². The maximum atomic E-state index is 11.6. The van der Waals surface area contributed by atoms with Crippen LogP contribution in [0.3, 0.4) is 0 Å². The van der Waals surface area contributed by atoms with Gasteiger partial charge in [0.2, 0.25) is 0 Å². The average molecular weight is 263 g/mol. The molecule has 2 heterocycles. The van der Waals surface area contributed by atoms with Crippen molar-refractivity contribution in [3.8, 4) is 0 Å². The van der Waals surface area contributed by atoms with Gasteiger partial charge in [-0.15, -0.1) is 0 Å². The molecule has 0 spiro atoms. The number of cyclic esters (lactones) is 1. The van der Waals surface area contributed by atoms with Crippen molar-refractivity contribution in [2.45, 2.75) is 18.9 Å². The fourth-order valence-corrected chi connectivity index (χ4v) is 4.08. The lowest BCUT2D eigenvalue weighted by Crippen LogP contribution is -2.49. The standard InChI is InChI=1S/C10H17NO5S/c12-3-1-8-5-11(10(13)16-6-8)9-2-4-17(14,15)7-9/h8-9,12H,1-7H2. The predicted octanol–water partition coefficient (Wildman–Crippen LogP) is -0.376. The minimum Gasteiger partial charge on any atom is -0.449 e. The molecule has 98 valence electrons. The Morgan fingerprint density at radius 3 is 2.82 bits per heavy atom. The molecule has 1 amide bonds. The van der Waals surface area contributed by atoms with E-state index in [9.17, 15) is 13.2 Å². The number of carbonyl (C=O) groups excluding carboxylic acids is 1. The Labute approximate surface area is 100 Å². The van der Waals surface area contributed by atoms with Crippen LogP contribution in [0.25, 0.3) is 0 Å². The van der Waals surface area contributed by atoms with Gasteiger partial charge in [-0.1, -0.05) is 0 Å². The summed E-state index contributed by atoms with van der Waals surface area (Å²) in [5.41, 5.74) is 0. The number of hydrogen-bond donors (Lipinski definition) is 1. The first-order valence-corrected chi connectivity index (χ1v) is 7.58. The summed E-state index contributed by atoms with van der Waals surface area (Å²) in [5.74, 6) is 0.279. The monoisotopic (exact) mass is 263 g/mol. The summed E-state index contributed by atoms with van der Waals surface area (Å²) < 4.78 is 27.8. The number of hydrogen-bond acceptors (Lipinski definition) is 5. The number of aliphatic hydroxyl groups is 1. The second-order valence-electron chi connectivity index (χ2n) is 4.66. The van der Waals surface area contributed by atoms with Gasteiger partial charge in [0.25, 0.3) is 0 Å². The molecule has 0 aromatic heterocycles. The van der Waals surface area contributed by atoms with Gasteiger partial charge in [0.15, 0.2) is 9.84 Å². The van der Waals surface area contributed by atoms with E-state index in [4.69, 9.17) is 9.84 Å². The summed E-state index contributed by atoms with van der Waals surface area (Å²) in [6, 6.07) is -0.256. The summed E-state index contributed by atoms with van der Waals surface area (Å²) in [6.07, 6.45) is 0.633.